The summed E-state index contributed by atoms with van der Waals surface area (Å²) in [6, 6.07) is 9.88. The van der Waals surface area contributed by atoms with E-state index in [4.69, 9.17) is 21.1 Å². The molecule has 26 heavy (non-hydrogen) atoms. The second kappa shape index (κ2) is 6.73. The van der Waals surface area contributed by atoms with Crippen LogP contribution in [0.25, 0.3) is 17.1 Å². The molecule has 1 fully saturated rings. The first-order valence-electron chi connectivity index (χ1n) is 8.89. The molecule has 4 rings (SSSR count). The Balaban J connectivity index is 1.78. The summed E-state index contributed by atoms with van der Waals surface area (Å²) < 4.78 is 1.91. The van der Waals surface area contributed by atoms with E-state index in [9.17, 15) is 0 Å². The number of rotatable bonds is 3. The van der Waals surface area contributed by atoms with E-state index in [1.54, 1.807) is 18.3 Å². The van der Waals surface area contributed by atoms with Crippen LogP contribution in [0.4, 0.5) is 0 Å². The molecular formula is C19H21N7. The average Bonchev–Trinajstić information content (AvgIpc) is 3.28. The maximum absolute atomic E-state index is 9.03. The maximum Gasteiger partial charge on any atom is 0.185 e. The molecule has 132 valence electrons. The summed E-state index contributed by atoms with van der Waals surface area (Å²) >= 11 is 0. The van der Waals surface area contributed by atoms with Crippen LogP contribution in [0, 0.1) is 18.3 Å². The van der Waals surface area contributed by atoms with Gasteiger partial charge in [-0.1, -0.05) is 0 Å². The largest absolute Gasteiger partial charge is 0.328 e. The van der Waals surface area contributed by atoms with Gasteiger partial charge < -0.3 is 5.73 Å². The number of hydrogen-bond donors (Lipinski definition) is 2. The van der Waals surface area contributed by atoms with Crippen LogP contribution >= 0.6 is 0 Å². The van der Waals surface area contributed by atoms with Crippen molar-refractivity contribution >= 4 is 0 Å². The Morgan fingerprint density at radius 3 is 2.54 bits per heavy atom. The molecule has 0 amide bonds. The lowest BCUT2D eigenvalue weighted by atomic mass is 9.86. The lowest BCUT2D eigenvalue weighted by Crippen LogP contribution is -2.26. The quantitative estimate of drug-likeness (QED) is 0.757. The van der Waals surface area contributed by atoms with Gasteiger partial charge in [-0.05, 0) is 56.9 Å². The molecule has 7 nitrogen and oxygen atoms in total. The summed E-state index contributed by atoms with van der Waals surface area (Å²) in [6.07, 6.45) is 5.80. The van der Waals surface area contributed by atoms with E-state index in [1.807, 2.05) is 23.7 Å². The van der Waals surface area contributed by atoms with Crippen molar-refractivity contribution in [3.8, 4) is 23.1 Å². The second-order valence-electron chi connectivity index (χ2n) is 6.88. The number of aromatic nitrogens is 5. The molecule has 0 spiro atoms. The van der Waals surface area contributed by atoms with Crippen LogP contribution in [0.5, 0.6) is 0 Å². The number of H-pyrrole nitrogens is 1. The molecule has 0 unspecified atom stereocenters. The van der Waals surface area contributed by atoms with Gasteiger partial charge in [0.25, 0.3) is 0 Å². The summed E-state index contributed by atoms with van der Waals surface area (Å²) in [6.45, 7) is 1.96. The van der Waals surface area contributed by atoms with Crippen LogP contribution in [0.15, 0.2) is 30.5 Å². The van der Waals surface area contributed by atoms with Crippen LogP contribution < -0.4 is 5.73 Å². The van der Waals surface area contributed by atoms with E-state index in [-0.39, 0.29) is 6.04 Å². The number of aromatic amines is 1. The number of aryl methyl sites for hydroxylation is 1. The van der Waals surface area contributed by atoms with E-state index >= 15 is 0 Å². The van der Waals surface area contributed by atoms with Gasteiger partial charge in [0, 0.05) is 17.7 Å². The highest BCUT2D eigenvalue weighted by molar-refractivity contribution is 5.57. The Morgan fingerprint density at radius 2 is 1.92 bits per heavy atom. The number of benzene rings is 1. The molecule has 2 aromatic heterocycles. The molecule has 0 atom stereocenters. The van der Waals surface area contributed by atoms with Crippen LogP contribution in [-0.4, -0.2) is 31.0 Å². The van der Waals surface area contributed by atoms with Gasteiger partial charge in [-0.2, -0.15) is 10.4 Å². The number of nitrogens with two attached hydrogens (primary N) is 1. The molecule has 1 aliphatic carbocycles. The summed E-state index contributed by atoms with van der Waals surface area (Å²) in [4.78, 5) is 4.87. The van der Waals surface area contributed by atoms with Crippen molar-refractivity contribution in [3.63, 3.8) is 0 Å². The number of nitrogens with one attached hydrogen (secondary N) is 1. The SMILES string of the molecule is Cc1[nH]ncc1-c1nc(C2CCC(N)CC2)n(-c2ccc(C#N)cc2)n1. The third-order valence-corrected chi connectivity index (χ3v) is 5.08. The van der Waals surface area contributed by atoms with Crippen molar-refractivity contribution in [3.05, 3.63) is 47.5 Å². The zero-order valence-electron chi connectivity index (χ0n) is 14.7. The molecule has 3 aromatic rings. The minimum Gasteiger partial charge on any atom is -0.328 e. The van der Waals surface area contributed by atoms with Crippen molar-refractivity contribution in [2.75, 3.05) is 0 Å². The Labute approximate surface area is 151 Å². The standard InChI is InChI=1S/C19H21N7/c1-12-17(11-22-24-12)18-23-19(14-4-6-15(21)7-5-14)26(25-18)16-8-2-13(10-20)3-9-16/h2-3,8-9,11,14-15H,4-7,21H2,1H3,(H,22,24). The van der Waals surface area contributed by atoms with Gasteiger partial charge in [0.1, 0.15) is 5.82 Å². The fraction of sp³-hybridized carbons (Fsp3) is 0.368. The van der Waals surface area contributed by atoms with E-state index in [0.29, 0.717) is 17.3 Å². The lowest BCUT2D eigenvalue weighted by Gasteiger charge is -2.25. The normalized spacial score (nSPS) is 20.0. The van der Waals surface area contributed by atoms with Crippen molar-refractivity contribution < 1.29 is 0 Å². The highest BCUT2D eigenvalue weighted by Gasteiger charge is 2.26. The molecule has 2 heterocycles. The zero-order chi connectivity index (χ0) is 18.1. The van der Waals surface area contributed by atoms with Crippen molar-refractivity contribution in [2.24, 2.45) is 5.73 Å². The van der Waals surface area contributed by atoms with E-state index in [2.05, 4.69) is 16.3 Å². The monoisotopic (exact) mass is 347 g/mol. The Morgan fingerprint density at radius 1 is 1.19 bits per heavy atom. The van der Waals surface area contributed by atoms with Gasteiger partial charge in [0.05, 0.1) is 29.1 Å². The van der Waals surface area contributed by atoms with Gasteiger partial charge in [0.2, 0.25) is 0 Å². The molecular weight excluding hydrogens is 326 g/mol. The minimum atomic E-state index is 0.285. The molecule has 1 saturated carbocycles. The summed E-state index contributed by atoms with van der Waals surface area (Å²) in [5.74, 6) is 1.96. The highest BCUT2D eigenvalue weighted by Crippen LogP contribution is 2.33. The van der Waals surface area contributed by atoms with Crippen molar-refractivity contribution in [1.82, 2.24) is 25.0 Å². The minimum absolute atomic E-state index is 0.285. The Hall–Kier alpha value is -2.98. The first-order chi connectivity index (χ1) is 12.7. The number of nitrogens with zero attached hydrogens (tertiary/aromatic N) is 5. The fourth-order valence-corrected chi connectivity index (χ4v) is 3.52. The lowest BCUT2D eigenvalue weighted by molar-refractivity contribution is 0.380. The van der Waals surface area contributed by atoms with Crippen LogP contribution in [-0.2, 0) is 0 Å². The molecule has 0 aliphatic heterocycles. The van der Waals surface area contributed by atoms with Crippen LogP contribution in [0.1, 0.15) is 48.7 Å². The molecule has 1 aromatic carbocycles. The molecule has 1 aliphatic rings. The Kier molecular flexibility index (Phi) is 4.27. The average molecular weight is 347 g/mol. The van der Waals surface area contributed by atoms with Gasteiger partial charge in [-0.25, -0.2) is 9.67 Å². The second-order valence-corrected chi connectivity index (χ2v) is 6.88. The molecule has 7 heteroatoms. The topological polar surface area (TPSA) is 109 Å². The summed E-state index contributed by atoms with van der Waals surface area (Å²) in [5, 5.41) is 20.8. The van der Waals surface area contributed by atoms with Crippen molar-refractivity contribution in [1.29, 1.82) is 5.26 Å². The predicted octanol–water partition coefficient (Wildman–Crippen LogP) is 2.82. The zero-order valence-corrected chi connectivity index (χ0v) is 14.7. The third kappa shape index (κ3) is 3.00. The van der Waals surface area contributed by atoms with Gasteiger partial charge in [-0.15, -0.1) is 5.10 Å². The van der Waals surface area contributed by atoms with Gasteiger partial charge in [0.15, 0.2) is 5.82 Å². The molecule has 0 bridgehead atoms. The third-order valence-electron chi connectivity index (χ3n) is 5.08. The van der Waals surface area contributed by atoms with E-state index < -0.39 is 0 Å². The number of nitriles is 1. The predicted molar refractivity (Wildman–Crippen MR) is 97.6 cm³/mol. The van der Waals surface area contributed by atoms with Gasteiger partial charge >= 0.3 is 0 Å². The first kappa shape index (κ1) is 16.5. The number of hydrogen-bond acceptors (Lipinski definition) is 5. The maximum atomic E-state index is 9.03. The van der Waals surface area contributed by atoms with Crippen LogP contribution in [0.2, 0.25) is 0 Å². The van der Waals surface area contributed by atoms with E-state index in [1.165, 1.54) is 0 Å². The molecule has 3 N–H and O–H groups in total. The summed E-state index contributed by atoms with van der Waals surface area (Å²) in [7, 11) is 0. The van der Waals surface area contributed by atoms with Crippen molar-refractivity contribution in [2.45, 2.75) is 44.6 Å². The highest BCUT2D eigenvalue weighted by atomic mass is 15.4. The van der Waals surface area contributed by atoms with Gasteiger partial charge in [-0.3, -0.25) is 5.10 Å². The smallest absolute Gasteiger partial charge is 0.185 e. The molecule has 0 saturated heterocycles. The fourth-order valence-electron chi connectivity index (χ4n) is 3.52. The first-order valence-corrected chi connectivity index (χ1v) is 8.89. The van der Waals surface area contributed by atoms with E-state index in [0.717, 1.165) is 48.5 Å². The van der Waals surface area contributed by atoms with Crippen LogP contribution in [0.3, 0.4) is 0 Å². The molecule has 0 radical (unpaired) electrons. The Bertz CT molecular complexity index is 937. The summed E-state index contributed by atoms with van der Waals surface area (Å²) in [5.41, 5.74) is 9.47.